The van der Waals surface area contributed by atoms with Gasteiger partial charge in [-0.1, -0.05) is 6.92 Å². The number of H-pyrrole nitrogens is 1. The largest absolute Gasteiger partial charge is 0.423 e. The number of ether oxygens (including phenoxy) is 1. The highest BCUT2D eigenvalue weighted by Gasteiger charge is 2.37. The van der Waals surface area contributed by atoms with E-state index >= 15 is 0 Å². The van der Waals surface area contributed by atoms with Crippen LogP contribution in [0, 0.1) is 0 Å². The SMILES string of the molecule is CCc1c2n(c3ncc(C(F)(F)F)cc13)CCN(C(=O)CCOC[C@H](C)Nc1cn[nH]c(=O)c1C(F)(F)F)C2. The summed E-state index contributed by atoms with van der Waals surface area (Å²) < 4.78 is 86.5. The smallest absolute Gasteiger partial charge is 0.379 e. The first-order valence-electron chi connectivity index (χ1n) is 12.1. The van der Waals surface area contributed by atoms with Gasteiger partial charge in [0.2, 0.25) is 5.91 Å². The molecule has 2 N–H and O–H groups in total. The third kappa shape index (κ3) is 6.02. The highest BCUT2D eigenvalue weighted by Crippen LogP contribution is 2.35. The lowest BCUT2D eigenvalue weighted by molar-refractivity contribution is -0.138. The number of halogens is 6. The highest BCUT2D eigenvalue weighted by atomic mass is 19.4. The Morgan fingerprint density at radius 2 is 1.92 bits per heavy atom. The van der Waals surface area contributed by atoms with Crippen LogP contribution in [0.15, 0.2) is 23.3 Å². The van der Waals surface area contributed by atoms with Crippen molar-refractivity contribution in [2.45, 2.75) is 58.2 Å². The van der Waals surface area contributed by atoms with Crippen LogP contribution >= 0.6 is 0 Å². The Morgan fingerprint density at radius 3 is 2.59 bits per heavy atom. The van der Waals surface area contributed by atoms with Crippen molar-refractivity contribution in [2.75, 3.05) is 25.1 Å². The van der Waals surface area contributed by atoms with E-state index in [1.807, 2.05) is 11.5 Å². The van der Waals surface area contributed by atoms with Crippen molar-refractivity contribution in [3.05, 3.63) is 51.2 Å². The van der Waals surface area contributed by atoms with E-state index in [2.05, 4.69) is 15.4 Å². The predicted octanol–water partition coefficient (Wildman–Crippen LogP) is 3.97. The van der Waals surface area contributed by atoms with Crippen LogP contribution in [0.4, 0.5) is 32.0 Å². The number of amides is 1. The molecule has 1 aliphatic rings. The zero-order valence-corrected chi connectivity index (χ0v) is 21.0. The molecule has 39 heavy (non-hydrogen) atoms. The van der Waals surface area contributed by atoms with Gasteiger partial charge in [-0.05, 0) is 25.0 Å². The quantitative estimate of drug-likeness (QED) is 0.319. The lowest BCUT2D eigenvalue weighted by Crippen LogP contribution is -2.39. The number of anilines is 1. The van der Waals surface area contributed by atoms with E-state index in [4.69, 9.17) is 4.74 Å². The van der Waals surface area contributed by atoms with Crippen molar-refractivity contribution in [3.63, 3.8) is 0 Å². The van der Waals surface area contributed by atoms with Gasteiger partial charge in [0.1, 0.15) is 11.2 Å². The standard InChI is InChI=1S/C24H26F6N6O3/c1-3-15-16-8-14(23(25,26)27)9-31-21(16)36-6-5-35(11-18(15)36)19(37)4-7-39-12-13(2)33-17-10-32-34-22(38)20(17)24(28,29)30/h8-10,13H,3-7,11-12H2,1-2H3,(H2,33,34,38)/t13-/m0/s1. The first kappa shape index (κ1) is 28.4. The molecule has 1 aliphatic heterocycles. The molecule has 0 spiro atoms. The van der Waals surface area contributed by atoms with Gasteiger partial charge in [0.15, 0.2) is 0 Å². The van der Waals surface area contributed by atoms with Crippen LogP contribution in [0.5, 0.6) is 0 Å². The molecule has 0 saturated carbocycles. The lowest BCUT2D eigenvalue weighted by Gasteiger charge is -2.29. The van der Waals surface area contributed by atoms with Gasteiger partial charge >= 0.3 is 12.4 Å². The van der Waals surface area contributed by atoms with Crippen LogP contribution < -0.4 is 10.9 Å². The maximum absolute atomic E-state index is 13.2. The number of nitrogens with one attached hydrogen (secondary N) is 2. The molecular formula is C24H26F6N6O3. The maximum Gasteiger partial charge on any atom is 0.423 e. The minimum atomic E-state index is -4.87. The van der Waals surface area contributed by atoms with E-state index in [1.54, 1.807) is 16.9 Å². The van der Waals surface area contributed by atoms with Crippen molar-refractivity contribution < 1.29 is 35.9 Å². The zero-order valence-electron chi connectivity index (χ0n) is 21.0. The number of rotatable bonds is 8. The number of hydrogen-bond donors (Lipinski definition) is 2. The molecule has 3 aromatic rings. The molecule has 0 fully saturated rings. The Balaban J connectivity index is 1.34. The molecule has 9 nitrogen and oxygen atoms in total. The molecule has 0 radical (unpaired) electrons. The number of alkyl halides is 6. The van der Waals surface area contributed by atoms with E-state index in [-0.39, 0.29) is 32.1 Å². The summed E-state index contributed by atoms with van der Waals surface area (Å²) in [5.41, 5.74) is -2.16. The number of fused-ring (bicyclic) bond motifs is 3. The number of aromatic amines is 1. The van der Waals surface area contributed by atoms with Crippen LogP contribution in [-0.2, 0) is 41.4 Å². The molecular weight excluding hydrogens is 534 g/mol. The minimum Gasteiger partial charge on any atom is -0.379 e. The van der Waals surface area contributed by atoms with Crippen molar-refractivity contribution >= 4 is 22.6 Å². The molecule has 0 bridgehead atoms. The lowest BCUT2D eigenvalue weighted by atomic mass is 10.1. The zero-order chi connectivity index (χ0) is 28.5. The van der Waals surface area contributed by atoms with Gasteiger partial charge in [-0.25, -0.2) is 10.1 Å². The normalized spacial score (nSPS) is 14.9. The van der Waals surface area contributed by atoms with Gasteiger partial charge in [0.05, 0.1) is 43.6 Å². The summed E-state index contributed by atoms with van der Waals surface area (Å²) >= 11 is 0. The molecule has 15 heteroatoms. The van der Waals surface area contributed by atoms with Gasteiger partial charge in [-0.2, -0.15) is 31.4 Å². The Hall–Kier alpha value is -3.62. The minimum absolute atomic E-state index is 0.00122. The molecule has 1 amide bonds. The summed E-state index contributed by atoms with van der Waals surface area (Å²) in [4.78, 5) is 30.1. The topological polar surface area (TPSA) is 105 Å². The van der Waals surface area contributed by atoms with E-state index in [0.29, 0.717) is 36.1 Å². The summed E-state index contributed by atoms with van der Waals surface area (Å²) in [6.07, 6.45) is -7.23. The van der Waals surface area contributed by atoms with Crippen molar-refractivity contribution in [1.82, 2.24) is 24.6 Å². The van der Waals surface area contributed by atoms with Crippen LogP contribution in [0.1, 0.15) is 42.7 Å². The molecule has 212 valence electrons. The molecule has 3 aromatic heterocycles. The molecule has 0 aromatic carbocycles. The first-order valence-corrected chi connectivity index (χ1v) is 12.1. The molecule has 0 unspecified atom stereocenters. The van der Waals surface area contributed by atoms with Crippen LogP contribution in [0.25, 0.3) is 11.0 Å². The summed E-state index contributed by atoms with van der Waals surface area (Å²) in [5.74, 6) is -0.226. The average molecular weight is 560 g/mol. The number of nitrogens with zero attached hydrogens (tertiary/aromatic N) is 4. The van der Waals surface area contributed by atoms with Gasteiger partial charge in [-0.3, -0.25) is 9.59 Å². The second-order valence-electron chi connectivity index (χ2n) is 9.19. The van der Waals surface area contributed by atoms with Crippen molar-refractivity contribution in [1.29, 1.82) is 0 Å². The second kappa shape index (κ2) is 10.9. The van der Waals surface area contributed by atoms with Gasteiger partial charge in [0, 0.05) is 36.4 Å². The first-order chi connectivity index (χ1) is 18.3. The predicted molar refractivity (Wildman–Crippen MR) is 128 cm³/mol. The van der Waals surface area contributed by atoms with E-state index in [1.165, 1.54) is 0 Å². The third-order valence-corrected chi connectivity index (χ3v) is 6.46. The second-order valence-corrected chi connectivity index (χ2v) is 9.19. The number of carbonyl (C=O) groups is 1. The van der Waals surface area contributed by atoms with E-state index in [0.717, 1.165) is 24.2 Å². The molecule has 4 heterocycles. The van der Waals surface area contributed by atoms with Gasteiger partial charge < -0.3 is 19.5 Å². The molecule has 1 atom stereocenters. The fourth-order valence-corrected chi connectivity index (χ4v) is 4.68. The summed E-state index contributed by atoms with van der Waals surface area (Å²) in [7, 11) is 0. The van der Waals surface area contributed by atoms with Gasteiger partial charge in [-0.15, -0.1) is 0 Å². The van der Waals surface area contributed by atoms with E-state index < -0.39 is 40.8 Å². The third-order valence-electron chi connectivity index (χ3n) is 6.46. The van der Waals surface area contributed by atoms with Crippen LogP contribution in [0.3, 0.4) is 0 Å². The molecule has 0 saturated heterocycles. The fourth-order valence-electron chi connectivity index (χ4n) is 4.68. The maximum atomic E-state index is 13.2. The number of carbonyl (C=O) groups excluding carboxylic acids is 1. The van der Waals surface area contributed by atoms with Gasteiger partial charge in [0.25, 0.3) is 5.56 Å². The summed E-state index contributed by atoms with van der Waals surface area (Å²) in [6.45, 7) is 4.28. The molecule has 4 rings (SSSR count). The summed E-state index contributed by atoms with van der Waals surface area (Å²) in [5, 5.41) is 8.13. The Labute approximate surface area is 218 Å². The highest BCUT2D eigenvalue weighted by molar-refractivity contribution is 5.84. The monoisotopic (exact) mass is 560 g/mol. The van der Waals surface area contributed by atoms with E-state index in [9.17, 15) is 35.9 Å². The Bertz CT molecular complexity index is 1410. The number of aryl methyl sites for hydroxylation is 1. The Morgan fingerprint density at radius 1 is 1.18 bits per heavy atom. The summed E-state index contributed by atoms with van der Waals surface area (Å²) in [6, 6.07) is 0.470. The number of hydrogen-bond acceptors (Lipinski definition) is 6. The number of aromatic nitrogens is 4. The average Bonchev–Trinajstić information content (AvgIpc) is 3.17. The van der Waals surface area contributed by atoms with Crippen molar-refractivity contribution in [2.24, 2.45) is 0 Å². The van der Waals surface area contributed by atoms with Crippen molar-refractivity contribution in [3.8, 4) is 0 Å². The van der Waals surface area contributed by atoms with Crippen LogP contribution in [-0.4, -0.2) is 56.4 Å². The Kier molecular flexibility index (Phi) is 7.91. The fraction of sp³-hybridized carbons (Fsp3) is 0.500. The van der Waals surface area contributed by atoms with Crippen LogP contribution in [0.2, 0.25) is 0 Å². The number of pyridine rings is 1. The molecule has 0 aliphatic carbocycles.